The zero-order valence-electron chi connectivity index (χ0n) is 11.5. The van der Waals surface area contributed by atoms with Crippen molar-refractivity contribution in [3.05, 3.63) is 53.6 Å². The number of rotatable bonds is 3. The highest BCUT2D eigenvalue weighted by Gasteiger charge is 2.22. The lowest BCUT2D eigenvalue weighted by atomic mass is 10.2. The Kier molecular flexibility index (Phi) is 3.80. The molecule has 106 valence electrons. The lowest BCUT2D eigenvalue weighted by Gasteiger charge is -2.23. The molecule has 3 rings (SSSR count). The van der Waals surface area contributed by atoms with Crippen LogP contribution in [0.15, 0.2) is 36.5 Å². The average Bonchev–Trinajstić information content (AvgIpc) is 2.80. The van der Waals surface area contributed by atoms with Gasteiger partial charge < -0.3 is 4.74 Å². The minimum atomic E-state index is -0.153. The van der Waals surface area contributed by atoms with E-state index in [1.807, 2.05) is 22.9 Å². The van der Waals surface area contributed by atoms with Crippen LogP contribution in [0.1, 0.15) is 11.3 Å². The van der Waals surface area contributed by atoms with Crippen molar-refractivity contribution in [2.75, 3.05) is 13.7 Å². The first kappa shape index (κ1) is 13.3. The highest BCUT2D eigenvalue weighted by Crippen LogP contribution is 2.17. The van der Waals surface area contributed by atoms with Gasteiger partial charge in [-0.25, -0.2) is 4.39 Å². The van der Waals surface area contributed by atoms with Crippen molar-refractivity contribution in [2.24, 2.45) is 0 Å². The summed E-state index contributed by atoms with van der Waals surface area (Å²) in [6, 6.07) is 8.93. The monoisotopic (exact) mass is 275 g/mol. The SMILES string of the molecule is COC1CN(Cc2ccccc2F)Cc2ccnn2C1. The zero-order valence-corrected chi connectivity index (χ0v) is 11.5. The van der Waals surface area contributed by atoms with Crippen LogP contribution in [0, 0.1) is 5.82 Å². The number of methoxy groups -OCH3 is 1. The van der Waals surface area contributed by atoms with Gasteiger partial charge in [-0.3, -0.25) is 9.58 Å². The first-order chi connectivity index (χ1) is 9.76. The summed E-state index contributed by atoms with van der Waals surface area (Å²) in [4.78, 5) is 2.20. The third-order valence-electron chi connectivity index (χ3n) is 3.71. The highest BCUT2D eigenvalue weighted by atomic mass is 19.1. The van der Waals surface area contributed by atoms with Gasteiger partial charge in [0, 0.05) is 38.5 Å². The molecule has 1 atom stereocenters. The quantitative estimate of drug-likeness (QED) is 0.859. The van der Waals surface area contributed by atoms with Crippen LogP contribution < -0.4 is 0 Å². The number of aromatic nitrogens is 2. The topological polar surface area (TPSA) is 30.3 Å². The fraction of sp³-hybridized carbons (Fsp3) is 0.400. The number of hydrogen-bond acceptors (Lipinski definition) is 3. The molecule has 0 bridgehead atoms. The summed E-state index contributed by atoms with van der Waals surface area (Å²) >= 11 is 0. The van der Waals surface area contributed by atoms with E-state index in [0.717, 1.165) is 30.9 Å². The lowest BCUT2D eigenvalue weighted by Crippen LogP contribution is -2.32. The van der Waals surface area contributed by atoms with Crippen LogP contribution in [0.25, 0.3) is 0 Å². The summed E-state index contributed by atoms with van der Waals surface area (Å²) in [5, 5.41) is 4.31. The smallest absolute Gasteiger partial charge is 0.127 e. The van der Waals surface area contributed by atoms with E-state index in [4.69, 9.17) is 4.74 Å². The van der Waals surface area contributed by atoms with E-state index in [1.165, 1.54) is 6.07 Å². The van der Waals surface area contributed by atoms with Crippen molar-refractivity contribution in [2.45, 2.75) is 25.7 Å². The molecule has 2 heterocycles. The fourth-order valence-corrected chi connectivity index (χ4v) is 2.63. The van der Waals surface area contributed by atoms with Crippen molar-refractivity contribution in [3.63, 3.8) is 0 Å². The van der Waals surface area contributed by atoms with Gasteiger partial charge in [0.2, 0.25) is 0 Å². The Morgan fingerprint density at radius 1 is 1.30 bits per heavy atom. The first-order valence-electron chi connectivity index (χ1n) is 6.75. The lowest BCUT2D eigenvalue weighted by molar-refractivity contribution is 0.0545. The summed E-state index contributed by atoms with van der Waals surface area (Å²) in [5.41, 5.74) is 1.86. The molecule has 20 heavy (non-hydrogen) atoms. The minimum Gasteiger partial charge on any atom is -0.378 e. The van der Waals surface area contributed by atoms with Crippen molar-refractivity contribution < 1.29 is 9.13 Å². The Bertz CT molecular complexity index is 584. The molecule has 1 aliphatic rings. The van der Waals surface area contributed by atoms with E-state index in [-0.39, 0.29) is 11.9 Å². The Balaban J connectivity index is 1.81. The van der Waals surface area contributed by atoms with Crippen molar-refractivity contribution in [3.8, 4) is 0 Å². The Morgan fingerprint density at radius 2 is 2.15 bits per heavy atom. The molecule has 5 heteroatoms. The standard InChI is InChI=1S/C15H18FN3O/c1-20-14-10-18(8-12-4-2-3-5-15(12)16)9-13-6-7-17-19(13)11-14/h2-7,14H,8-11H2,1H3. The van der Waals surface area contributed by atoms with Crippen LogP contribution in [0.4, 0.5) is 4.39 Å². The van der Waals surface area contributed by atoms with E-state index in [1.54, 1.807) is 19.4 Å². The van der Waals surface area contributed by atoms with Gasteiger partial charge in [-0.2, -0.15) is 5.10 Å². The molecule has 1 aromatic heterocycles. The normalized spacial score (nSPS) is 19.6. The van der Waals surface area contributed by atoms with Gasteiger partial charge in [-0.05, 0) is 12.1 Å². The maximum absolute atomic E-state index is 13.8. The number of benzene rings is 1. The van der Waals surface area contributed by atoms with E-state index in [2.05, 4.69) is 10.00 Å². The predicted octanol–water partition coefficient (Wildman–Crippen LogP) is 2.05. The molecule has 1 unspecified atom stereocenters. The maximum Gasteiger partial charge on any atom is 0.127 e. The van der Waals surface area contributed by atoms with E-state index < -0.39 is 0 Å². The Labute approximate surface area is 117 Å². The van der Waals surface area contributed by atoms with Gasteiger partial charge in [-0.1, -0.05) is 18.2 Å². The third kappa shape index (κ3) is 2.73. The van der Waals surface area contributed by atoms with E-state index in [9.17, 15) is 4.39 Å². The molecule has 0 amide bonds. The predicted molar refractivity (Wildman–Crippen MR) is 73.5 cm³/mol. The summed E-state index contributed by atoms with van der Waals surface area (Å²) < 4.78 is 21.3. The van der Waals surface area contributed by atoms with Gasteiger partial charge in [-0.15, -0.1) is 0 Å². The van der Waals surface area contributed by atoms with Crippen LogP contribution >= 0.6 is 0 Å². The molecule has 0 aliphatic carbocycles. The van der Waals surface area contributed by atoms with Gasteiger partial charge >= 0.3 is 0 Å². The second-order valence-electron chi connectivity index (χ2n) is 5.12. The summed E-state index contributed by atoms with van der Waals surface area (Å²) in [5.74, 6) is -0.153. The number of nitrogens with zero attached hydrogens (tertiary/aromatic N) is 3. The van der Waals surface area contributed by atoms with Gasteiger partial charge in [0.25, 0.3) is 0 Å². The number of ether oxygens (including phenoxy) is 1. The zero-order chi connectivity index (χ0) is 13.9. The molecule has 0 saturated carbocycles. The summed E-state index contributed by atoms with van der Waals surface area (Å²) in [6.07, 6.45) is 1.87. The first-order valence-corrected chi connectivity index (χ1v) is 6.75. The van der Waals surface area contributed by atoms with Crippen molar-refractivity contribution in [1.82, 2.24) is 14.7 Å². The summed E-state index contributed by atoms with van der Waals surface area (Å²) in [7, 11) is 1.71. The molecular weight excluding hydrogens is 257 g/mol. The highest BCUT2D eigenvalue weighted by molar-refractivity contribution is 5.17. The van der Waals surface area contributed by atoms with Gasteiger partial charge in [0.15, 0.2) is 0 Å². The molecule has 1 aliphatic heterocycles. The molecule has 0 N–H and O–H groups in total. The molecule has 4 nitrogen and oxygen atoms in total. The Morgan fingerprint density at radius 3 is 2.95 bits per heavy atom. The molecule has 1 aromatic carbocycles. The number of hydrogen-bond donors (Lipinski definition) is 0. The summed E-state index contributed by atoms with van der Waals surface area (Å²) in [6.45, 7) is 2.85. The molecule has 0 saturated heterocycles. The van der Waals surface area contributed by atoms with Gasteiger partial charge in [0.05, 0.1) is 18.3 Å². The molecule has 0 spiro atoms. The maximum atomic E-state index is 13.8. The largest absolute Gasteiger partial charge is 0.378 e. The Hall–Kier alpha value is -1.72. The second kappa shape index (κ2) is 5.73. The van der Waals surface area contributed by atoms with E-state index in [0.29, 0.717) is 6.54 Å². The minimum absolute atomic E-state index is 0.0722. The second-order valence-corrected chi connectivity index (χ2v) is 5.12. The van der Waals surface area contributed by atoms with Crippen molar-refractivity contribution >= 4 is 0 Å². The number of fused-ring (bicyclic) bond motifs is 1. The molecular formula is C15H18FN3O. The van der Waals surface area contributed by atoms with Crippen LogP contribution in [0.5, 0.6) is 0 Å². The van der Waals surface area contributed by atoms with Crippen LogP contribution in [0.2, 0.25) is 0 Å². The molecule has 0 radical (unpaired) electrons. The molecule has 0 fully saturated rings. The van der Waals surface area contributed by atoms with Gasteiger partial charge in [0.1, 0.15) is 5.82 Å². The molecule has 2 aromatic rings. The fourth-order valence-electron chi connectivity index (χ4n) is 2.63. The van der Waals surface area contributed by atoms with Crippen LogP contribution in [0.3, 0.4) is 0 Å². The number of halogens is 1. The van der Waals surface area contributed by atoms with E-state index >= 15 is 0 Å². The van der Waals surface area contributed by atoms with Crippen LogP contribution in [-0.4, -0.2) is 34.4 Å². The third-order valence-corrected chi connectivity index (χ3v) is 3.71. The van der Waals surface area contributed by atoms with Crippen LogP contribution in [-0.2, 0) is 24.4 Å². The van der Waals surface area contributed by atoms with Crippen molar-refractivity contribution in [1.29, 1.82) is 0 Å². The average molecular weight is 275 g/mol.